The second-order valence-electron chi connectivity index (χ2n) is 8.60. The summed E-state index contributed by atoms with van der Waals surface area (Å²) >= 11 is 0. The summed E-state index contributed by atoms with van der Waals surface area (Å²) in [6.45, 7) is 5.18. The first-order valence-electron chi connectivity index (χ1n) is 10.8. The van der Waals surface area contributed by atoms with Crippen molar-refractivity contribution in [1.29, 1.82) is 0 Å². The third-order valence-electron chi connectivity index (χ3n) is 6.44. The number of amides is 2. The lowest BCUT2D eigenvalue weighted by Crippen LogP contribution is -2.52. The fraction of sp³-hybridized carbons (Fsp3) is 0.417. The fourth-order valence-electron chi connectivity index (χ4n) is 4.85. The third kappa shape index (κ3) is 4.21. The molecule has 0 N–H and O–H groups in total. The molecule has 3 aliphatic heterocycles. The van der Waals surface area contributed by atoms with Crippen molar-refractivity contribution in [1.82, 2.24) is 9.80 Å². The number of hydrogen-bond acceptors (Lipinski definition) is 3. The number of allylic oxidation sites excluding steroid dienone is 3. The average molecular weight is 464 g/mol. The highest BCUT2D eigenvalue weighted by Crippen LogP contribution is 2.44. The zero-order chi connectivity index (χ0) is 23.9. The monoisotopic (exact) mass is 464 g/mol. The maximum Gasteiger partial charge on any atom is 0.259 e. The number of piperidine rings is 1. The van der Waals surface area contributed by atoms with Gasteiger partial charge in [0.25, 0.3) is 11.8 Å². The number of hydrogen-bond donors (Lipinski definition) is 0. The predicted molar refractivity (Wildman–Crippen MR) is 112 cm³/mol. The molecule has 0 saturated carbocycles. The first kappa shape index (κ1) is 23.2. The van der Waals surface area contributed by atoms with Gasteiger partial charge in [-0.05, 0) is 43.5 Å². The molecule has 0 bridgehead atoms. The molecule has 3 heterocycles. The zero-order valence-electron chi connectivity index (χ0n) is 18.1. The van der Waals surface area contributed by atoms with Crippen LogP contribution < -0.4 is 0 Å². The number of fused-ring (bicyclic) bond motifs is 1. The van der Waals surface area contributed by atoms with Crippen molar-refractivity contribution in [2.75, 3.05) is 13.1 Å². The van der Waals surface area contributed by atoms with Crippen LogP contribution in [0, 0.1) is 11.6 Å². The molecule has 1 aromatic rings. The lowest BCUT2D eigenvalue weighted by atomic mass is 9.89. The predicted octanol–water partition coefficient (Wildman–Crippen LogP) is 4.57. The van der Waals surface area contributed by atoms with Gasteiger partial charge in [0.05, 0.1) is 11.9 Å². The molecule has 0 aliphatic carbocycles. The molecule has 3 saturated heterocycles. The Morgan fingerprint density at radius 2 is 1.79 bits per heavy atom. The lowest BCUT2D eigenvalue weighted by molar-refractivity contribution is -0.142. The summed E-state index contributed by atoms with van der Waals surface area (Å²) in [5.41, 5.74) is -1.43. The van der Waals surface area contributed by atoms with Crippen molar-refractivity contribution in [2.45, 2.75) is 50.5 Å². The second kappa shape index (κ2) is 8.78. The highest BCUT2D eigenvalue weighted by Gasteiger charge is 2.58. The van der Waals surface area contributed by atoms with Crippen LogP contribution >= 0.6 is 0 Å². The molecule has 3 fully saturated rings. The fourth-order valence-corrected chi connectivity index (χ4v) is 4.85. The largest absolute Gasteiger partial charge is 0.342 e. The average Bonchev–Trinajstić information content (AvgIpc) is 3.26. The Labute approximate surface area is 189 Å². The number of halogens is 4. The van der Waals surface area contributed by atoms with Gasteiger partial charge in [-0.1, -0.05) is 12.6 Å². The number of carbonyl (C=O) groups is 2. The van der Waals surface area contributed by atoms with Gasteiger partial charge in [-0.2, -0.15) is 0 Å². The first-order chi connectivity index (χ1) is 15.6. The normalized spacial score (nSPS) is 25.1. The van der Waals surface area contributed by atoms with E-state index in [2.05, 4.69) is 6.58 Å². The Morgan fingerprint density at radius 3 is 2.39 bits per heavy atom. The number of benzene rings is 1. The molecule has 5 nitrogen and oxygen atoms in total. The Bertz CT molecular complexity index is 1040. The van der Waals surface area contributed by atoms with Crippen LogP contribution in [-0.4, -0.2) is 52.6 Å². The van der Waals surface area contributed by atoms with Crippen LogP contribution in [0.5, 0.6) is 0 Å². The molecule has 2 amide bonds. The van der Waals surface area contributed by atoms with Crippen LogP contribution in [0.15, 0.2) is 54.2 Å². The van der Waals surface area contributed by atoms with Gasteiger partial charge < -0.3 is 14.5 Å². The van der Waals surface area contributed by atoms with Gasteiger partial charge in [0.15, 0.2) is 5.60 Å². The molecule has 9 heteroatoms. The minimum atomic E-state index is -1.15. The number of likely N-dealkylation sites (tertiary alicyclic amines) is 1. The molecular formula is C24H24F4N2O3. The van der Waals surface area contributed by atoms with Crippen LogP contribution in [0.3, 0.4) is 0 Å². The molecule has 1 spiro atoms. The SMILES string of the molecule is C=C(/C=C(F)\C=C(/C)F)[C@@H]1CC[C@H]2OC3(CCN(C(=O)c4c(F)cccc4F)CC3)C(=O)N21. The van der Waals surface area contributed by atoms with E-state index in [9.17, 15) is 27.2 Å². The maximum atomic E-state index is 14.0. The van der Waals surface area contributed by atoms with E-state index in [4.69, 9.17) is 4.74 Å². The second-order valence-corrected chi connectivity index (χ2v) is 8.60. The smallest absolute Gasteiger partial charge is 0.259 e. The standard InChI is InChI=1S/C24H24F4N2O3/c1-14(12-16(26)13-15(2)25)19-6-7-20-30(19)23(32)24(33-20)8-10-29(11-9-24)22(31)21-17(27)4-3-5-18(21)28/h3-5,12-13,19-20H,1,6-11H2,2H3/b15-13+,16-12+/t19-,20+/m0/s1. The molecule has 0 radical (unpaired) electrons. The summed E-state index contributed by atoms with van der Waals surface area (Å²) < 4.78 is 61.0. The zero-order valence-corrected chi connectivity index (χ0v) is 18.1. The van der Waals surface area contributed by atoms with E-state index in [1.165, 1.54) is 11.0 Å². The van der Waals surface area contributed by atoms with Crippen molar-refractivity contribution in [3.05, 3.63) is 71.4 Å². The summed E-state index contributed by atoms with van der Waals surface area (Å²) in [6, 6.07) is 2.75. The van der Waals surface area contributed by atoms with Crippen LogP contribution in [0.4, 0.5) is 17.6 Å². The highest BCUT2D eigenvalue weighted by molar-refractivity contribution is 5.95. The Hall–Kier alpha value is -2.94. The van der Waals surface area contributed by atoms with Gasteiger partial charge in [-0.25, -0.2) is 17.6 Å². The molecule has 0 aromatic heterocycles. The quantitative estimate of drug-likeness (QED) is 0.485. The van der Waals surface area contributed by atoms with Crippen molar-refractivity contribution in [3.8, 4) is 0 Å². The molecule has 1 aromatic carbocycles. The van der Waals surface area contributed by atoms with E-state index in [-0.39, 0.29) is 31.8 Å². The van der Waals surface area contributed by atoms with Crippen molar-refractivity contribution < 1.29 is 31.9 Å². The van der Waals surface area contributed by atoms with Crippen molar-refractivity contribution in [3.63, 3.8) is 0 Å². The van der Waals surface area contributed by atoms with E-state index >= 15 is 0 Å². The molecule has 3 aliphatic rings. The van der Waals surface area contributed by atoms with Gasteiger partial charge in [0.1, 0.15) is 29.3 Å². The van der Waals surface area contributed by atoms with Crippen LogP contribution in [0.25, 0.3) is 0 Å². The summed E-state index contributed by atoms with van der Waals surface area (Å²) in [6.07, 6.45) is 2.77. The van der Waals surface area contributed by atoms with E-state index in [0.29, 0.717) is 18.4 Å². The minimum Gasteiger partial charge on any atom is -0.342 e. The number of nitrogens with zero attached hydrogens (tertiary/aromatic N) is 2. The van der Waals surface area contributed by atoms with E-state index < -0.39 is 52.6 Å². The molecule has 0 unspecified atom stereocenters. The molecule has 176 valence electrons. The molecule has 2 atom stereocenters. The maximum absolute atomic E-state index is 14.0. The number of ether oxygens (including phenoxy) is 1. The lowest BCUT2D eigenvalue weighted by Gasteiger charge is -2.37. The van der Waals surface area contributed by atoms with Crippen molar-refractivity contribution in [2.24, 2.45) is 0 Å². The van der Waals surface area contributed by atoms with Gasteiger partial charge in [0, 0.05) is 32.0 Å². The van der Waals surface area contributed by atoms with Crippen LogP contribution in [0.1, 0.15) is 43.0 Å². The highest BCUT2D eigenvalue weighted by atomic mass is 19.1. The van der Waals surface area contributed by atoms with Crippen molar-refractivity contribution >= 4 is 11.8 Å². The van der Waals surface area contributed by atoms with Gasteiger partial charge in [-0.15, -0.1) is 0 Å². The Balaban J connectivity index is 1.46. The Morgan fingerprint density at radius 1 is 1.15 bits per heavy atom. The van der Waals surface area contributed by atoms with Gasteiger partial charge >= 0.3 is 0 Å². The van der Waals surface area contributed by atoms with E-state index in [1.807, 2.05) is 0 Å². The minimum absolute atomic E-state index is 0.0968. The Kier molecular flexibility index (Phi) is 6.18. The topological polar surface area (TPSA) is 49.9 Å². The summed E-state index contributed by atoms with van der Waals surface area (Å²) in [4.78, 5) is 28.9. The summed E-state index contributed by atoms with van der Waals surface area (Å²) in [5, 5.41) is 0. The first-order valence-corrected chi connectivity index (χ1v) is 10.8. The summed E-state index contributed by atoms with van der Waals surface area (Å²) in [5.74, 6) is -4.39. The van der Waals surface area contributed by atoms with E-state index in [0.717, 1.165) is 31.2 Å². The van der Waals surface area contributed by atoms with Gasteiger partial charge in [0.2, 0.25) is 0 Å². The number of rotatable bonds is 4. The van der Waals surface area contributed by atoms with E-state index in [1.54, 1.807) is 4.90 Å². The summed E-state index contributed by atoms with van der Waals surface area (Å²) in [7, 11) is 0. The third-order valence-corrected chi connectivity index (χ3v) is 6.44. The van der Waals surface area contributed by atoms with Crippen LogP contribution in [0.2, 0.25) is 0 Å². The molecular weight excluding hydrogens is 440 g/mol. The molecule has 4 rings (SSSR count). The van der Waals surface area contributed by atoms with Gasteiger partial charge in [-0.3, -0.25) is 9.59 Å². The number of carbonyl (C=O) groups excluding carboxylic acids is 2. The molecule has 33 heavy (non-hydrogen) atoms. The van der Waals surface area contributed by atoms with Crippen LogP contribution in [-0.2, 0) is 9.53 Å².